The summed E-state index contributed by atoms with van der Waals surface area (Å²) in [7, 11) is 2.06. The summed E-state index contributed by atoms with van der Waals surface area (Å²) < 4.78 is 26.4. The quantitative estimate of drug-likeness (QED) is 0.927. The summed E-state index contributed by atoms with van der Waals surface area (Å²) >= 11 is 0. The Morgan fingerprint density at radius 2 is 1.83 bits per heavy atom. The Labute approximate surface area is 138 Å². The van der Waals surface area contributed by atoms with Crippen LogP contribution >= 0.6 is 0 Å². The predicted molar refractivity (Wildman–Crippen MR) is 86.1 cm³/mol. The van der Waals surface area contributed by atoms with Crippen molar-refractivity contribution in [2.75, 3.05) is 43.4 Å². The van der Waals surface area contributed by atoms with Crippen LogP contribution < -0.4 is 10.2 Å². The van der Waals surface area contributed by atoms with Crippen molar-refractivity contribution in [3.63, 3.8) is 0 Å². The van der Waals surface area contributed by atoms with Gasteiger partial charge in [0.25, 0.3) is 5.91 Å². The second-order valence-corrected chi connectivity index (χ2v) is 5.65. The van der Waals surface area contributed by atoms with Gasteiger partial charge in [-0.3, -0.25) is 4.79 Å². The number of hydrogen-bond donors (Lipinski definition) is 1. The van der Waals surface area contributed by atoms with Crippen LogP contribution in [0.1, 0.15) is 10.5 Å². The Bertz CT molecular complexity index is 730. The molecule has 1 N–H and O–H groups in total. The molecule has 0 aliphatic carbocycles. The highest BCUT2D eigenvalue weighted by atomic mass is 19.1. The van der Waals surface area contributed by atoms with Crippen molar-refractivity contribution in [1.29, 1.82) is 0 Å². The highest BCUT2D eigenvalue weighted by Crippen LogP contribution is 2.16. The number of rotatable bonds is 3. The maximum absolute atomic E-state index is 13.6. The van der Waals surface area contributed by atoms with Crippen molar-refractivity contribution < 1.29 is 13.6 Å². The first-order chi connectivity index (χ1) is 11.5. The molecule has 1 aromatic carbocycles. The highest BCUT2D eigenvalue weighted by Gasteiger charge is 2.17. The van der Waals surface area contributed by atoms with E-state index in [9.17, 15) is 13.6 Å². The van der Waals surface area contributed by atoms with Gasteiger partial charge in [-0.25, -0.2) is 8.78 Å². The highest BCUT2D eigenvalue weighted by molar-refractivity contribution is 6.02. The summed E-state index contributed by atoms with van der Waals surface area (Å²) in [5.41, 5.74) is -0.0389. The molecule has 8 heteroatoms. The van der Waals surface area contributed by atoms with Crippen molar-refractivity contribution >= 4 is 17.4 Å². The lowest BCUT2D eigenvalue weighted by Crippen LogP contribution is -2.44. The van der Waals surface area contributed by atoms with Crippen LogP contribution in [0.15, 0.2) is 30.3 Å². The fourth-order valence-corrected chi connectivity index (χ4v) is 2.43. The Kier molecular flexibility index (Phi) is 4.66. The summed E-state index contributed by atoms with van der Waals surface area (Å²) in [6.07, 6.45) is 0. The molecule has 126 valence electrons. The van der Waals surface area contributed by atoms with Crippen molar-refractivity contribution in [3.05, 3.63) is 47.7 Å². The summed E-state index contributed by atoms with van der Waals surface area (Å²) in [5.74, 6) is -1.45. The number of carbonyl (C=O) groups excluding carboxylic acids is 1. The number of nitrogens with zero attached hydrogens (tertiary/aromatic N) is 4. The average Bonchev–Trinajstić information content (AvgIpc) is 2.58. The molecule has 0 unspecified atom stereocenters. The molecule has 1 amide bonds. The number of likely N-dealkylation sites (N-methyl/N-ethyl adjacent to an activating group) is 1. The van der Waals surface area contributed by atoms with Crippen LogP contribution in [0, 0.1) is 11.6 Å². The van der Waals surface area contributed by atoms with E-state index < -0.39 is 17.5 Å². The molecule has 1 fully saturated rings. The molecular weight excluding hydrogens is 316 g/mol. The lowest BCUT2D eigenvalue weighted by atomic mass is 10.2. The molecule has 0 spiro atoms. The van der Waals surface area contributed by atoms with E-state index in [2.05, 4.69) is 32.4 Å². The van der Waals surface area contributed by atoms with Gasteiger partial charge in [0.1, 0.15) is 11.6 Å². The lowest BCUT2D eigenvalue weighted by molar-refractivity contribution is 0.102. The first-order valence-electron chi connectivity index (χ1n) is 7.56. The smallest absolute Gasteiger partial charge is 0.276 e. The zero-order chi connectivity index (χ0) is 17.1. The van der Waals surface area contributed by atoms with Crippen LogP contribution in [-0.4, -0.2) is 54.2 Å². The van der Waals surface area contributed by atoms with E-state index in [0.29, 0.717) is 11.9 Å². The molecule has 3 rings (SSSR count). The van der Waals surface area contributed by atoms with E-state index in [-0.39, 0.29) is 11.4 Å². The van der Waals surface area contributed by atoms with Crippen LogP contribution in [0.2, 0.25) is 0 Å². The van der Waals surface area contributed by atoms with Gasteiger partial charge >= 0.3 is 0 Å². The van der Waals surface area contributed by atoms with Crippen LogP contribution in [0.4, 0.5) is 20.3 Å². The number of nitrogens with one attached hydrogen (secondary N) is 1. The van der Waals surface area contributed by atoms with E-state index >= 15 is 0 Å². The Morgan fingerprint density at radius 3 is 2.46 bits per heavy atom. The fourth-order valence-electron chi connectivity index (χ4n) is 2.43. The van der Waals surface area contributed by atoms with Gasteiger partial charge in [0.05, 0.1) is 5.69 Å². The van der Waals surface area contributed by atoms with E-state index in [0.717, 1.165) is 38.3 Å². The largest absolute Gasteiger partial charge is 0.353 e. The van der Waals surface area contributed by atoms with E-state index in [1.807, 2.05) is 0 Å². The molecule has 0 bridgehead atoms. The molecule has 1 saturated heterocycles. The summed E-state index contributed by atoms with van der Waals surface area (Å²) in [5, 5.41) is 10.3. The maximum Gasteiger partial charge on any atom is 0.276 e. The van der Waals surface area contributed by atoms with Gasteiger partial charge in [0.15, 0.2) is 11.5 Å². The zero-order valence-electron chi connectivity index (χ0n) is 13.2. The third-order valence-corrected chi connectivity index (χ3v) is 3.89. The second-order valence-electron chi connectivity index (χ2n) is 5.65. The van der Waals surface area contributed by atoms with Crippen molar-refractivity contribution in [1.82, 2.24) is 15.1 Å². The molecule has 1 aliphatic heterocycles. The Hall–Kier alpha value is -2.61. The summed E-state index contributed by atoms with van der Waals surface area (Å²) in [6, 6.07) is 6.19. The van der Waals surface area contributed by atoms with E-state index in [1.54, 1.807) is 6.07 Å². The molecule has 0 atom stereocenters. The molecular formula is C16H17F2N5O. The minimum absolute atomic E-state index is 0.0663. The number of piperazine rings is 1. The molecule has 2 aromatic rings. The third kappa shape index (κ3) is 3.65. The second kappa shape index (κ2) is 6.88. The molecule has 6 nitrogen and oxygen atoms in total. The minimum Gasteiger partial charge on any atom is -0.353 e. The first-order valence-corrected chi connectivity index (χ1v) is 7.56. The number of hydrogen-bond acceptors (Lipinski definition) is 5. The van der Waals surface area contributed by atoms with Gasteiger partial charge in [-0.05, 0) is 31.3 Å². The van der Waals surface area contributed by atoms with Crippen LogP contribution in [0.5, 0.6) is 0 Å². The molecule has 2 heterocycles. The van der Waals surface area contributed by atoms with Gasteiger partial charge in [0.2, 0.25) is 0 Å². The van der Waals surface area contributed by atoms with Crippen LogP contribution in [-0.2, 0) is 0 Å². The molecule has 1 aliphatic rings. The zero-order valence-corrected chi connectivity index (χ0v) is 13.2. The lowest BCUT2D eigenvalue weighted by Gasteiger charge is -2.32. The number of aromatic nitrogens is 2. The van der Waals surface area contributed by atoms with Crippen molar-refractivity contribution in [2.24, 2.45) is 0 Å². The van der Waals surface area contributed by atoms with Crippen LogP contribution in [0.25, 0.3) is 0 Å². The summed E-state index contributed by atoms with van der Waals surface area (Å²) in [6.45, 7) is 3.57. The standard InChI is InChI=1S/C16H17F2N5O/c1-22-6-8-23(9-7-22)15-5-4-14(20-21-15)16(24)19-13-3-2-11(17)10-12(13)18/h2-5,10H,6-9H2,1H3,(H,19,24). The fraction of sp³-hybridized carbons (Fsp3) is 0.312. The number of amides is 1. The molecule has 1 aromatic heterocycles. The average molecular weight is 333 g/mol. The van der Waals surface area contributed by atoms with Gasteiger partial charge in [-0.2, -0.15) is 0 Å². The number of halogens is 2. The Balaban J connectivity index is 1.67. The SMILES string of the molecule is CN1CCN(c2ccc(C(=O)Nc3ccc(F)cc3F)nn2)CC1. The van der Waals surface area contributed by atoms with Crippen molar-refractivity contribution in [3.8, 4) is 0 Å². The molecule has 24 heavy (non-hydrogen) atoms. The monoisotopic (exact) mass is 333 g/mol. The maximum atomic E-state index is 13.6. The normalized spacial score (nSPS) is 15.4. The summed E-state index contributed by atoms with van der Waals surface area (Å²) in [4.78, 5) is 16.4. The predicted octanol–water partition coefficient (Wildman–Crippen LogP) is 1.76. The van der Waals surface area contributed by atoms with Crippen LogP contribution in [0.3, 0.4) is 0 Å². The van der Waals surface area contributed by atoms with Gasteiger partial charge in [-0.15, -0.1) is 10.2 Å². The van der Waals surface area contributed by atoms with Crippen molar-refractivity contribution in [2.45, 2.75) is 0 Å². The van der Waals surface area contributed by atoms with E-state index in [1.165, 1.54) is 6.07 Å². The molecule has 0 saturated carbocycles. The Morgan fingerprint density at radius 1 is 1.08 bits per heavy atom. The first kappa shape index (κ1) is 16.3. The number of anilines is 2. The van der Waals surface area contributed by atoms with Gasteiger partial charge in [-0.1, -0.05) is 0 Å². The topological polar surface area (TPSA) is 61.4 Å². The van der Waals surface area contributed by atoms with Gasteiger partial charge < -0.3 is 15.1 Å². The third-order valence-electron chi connectivity index (χ3n) is 3.89. The number of carbonyl (C=O) groups is 1. The number of benzene rings is 1. The van der Waals surface area contributed by atoms with Gasteiger partial charge in [0, 0.05) is 32.2 Å². The van der Waals surface area contributed by atoms with E-state index in [4.69, 9.17) is 0 Å². The minimum atomic E-state index is -0.842. The molecule has 0 radical (unpaired) electrons.